The second kappa shape index (κ2) is 8.05. The summed E-state index contributed by atoms with van der Waals surface area (Å²) in [6.07, 6.45) is 1.22. The molecular formula is C23H28N2O4. The molecule has 0 fully saturated rings. The van der Waals surface area contributed by atoms with Crippen molar-refractivity contribution in [3.05, 3.63) is 53.1 Å². The molecule has 2 aliphatic rings. The number of β-amino-alcohol motifs (C(OH)–C–C–N with tert-alkyl or cyclic N) is 1. The maximum absolute atomic E-state index is 13.3. The average molecular weight is 396 g/mol. The summed E-state index contributed by atoms with van der Waals surface area (Å²) in [6.45, 7) is 3.26. The third-order valence-corrected chi connectivity index (χ3v) is 6.01. The number of amides is 1. The van der Waals surface area contributed by atoms with Crippen molar-refractivity contribution in [1.82, 2.24) is 4.90 Å². The Morgan fingerprint density at radius 2 is 1.86 bits per heavy atom. The lowest BCUT2D eigenvalue weighted by Gasteiger charge is -2.38. The van der Waals surface area contributed by atoms with Crippen LogP contribution in [-0.4, -0.2) is 49.3 Å². The van der Waals surface area contributed by atoms with E-state index in [1.807, 2.05) is 40.1 Å². The lowest BCUT2D eigenvalue weighted by atomic mass is 9.94. The van der Waals surface area contributed by atoms with Crippen LogP contribution in [0.25, 0.3) is 0 Å². The predicted molar refractivity (Wildman–Crippen MR) is 111 cm³/mol. The molecule has 1 N–H and O–H groups in total. The van der Waals surface area contributed by atoms with Crippen molar-refractivity contribution in [2.24, 2.45) is 0 Å². The number of fused-ring (bicyclic) bond motifs is 2. The number of hydrogen-bond acceptors (Lipinski definition) is 5. The normalized spacial score (nSPS) is 21.3. The van der Waals surface area contributed by atoms with Crippen LogP contribution in [0.1, 0.15) is 36.1 Å². The molecule has 0 saturated carbocycles. The third-order valence-electron chi connectivity index (χ3n) is 6.01. The van der Waals surface area contributed by atoms with E-state index in [9.17, 15) is 9.90 Å². The highest BCUT2D eigenvalue weighted by Crippen LogP contribution is 2.39. The van der Waals surface area contributed by atoms with Gasteiger partial charge in [-0.2, -0.15) is 0 Å². The SMILES string of the molecule is COc1ccc(OC)c2c1CN(CC(=O)N1c3ccccc3CC[C@@H]1C)C[C@H]2O. The quantitative estimate of drug-likeness (QED) is 0.861. The topological polar surface area (TPSA) is 62.2 Å². The van der Waals surface area contributed by atoms with E-state index in [-0.39, 0.29) is 18.5 Å². The van der Waals surface area contributed by atoms with E-state index < -0.39 is 6.10 Å². The summed E-state index contributed by atoms with van der Waals surface area (Å²) in [5.41, 5.74) is 3.86. The molecule has 0 spiro atoms. The summed E-state index contributed by atoms with van der Waals surface area (Å²) in [5.74, 6) is 1.41. The number of benzene rings is 2. The fraction of sp³-hybridized carbons (Fsp3) is 0.435. The largest absolute Gasteiger partial charge is 0.496 e. The Labute approximate surface area is 171 Å². The smallest absolute Gasteiger partial charge is 0.241 e. The van der Waals surface area contributed by atoms with Crippen molar-refractivity contribution >= 4 is 11.6 Å². The summed E-state index contributed by atoms with van der Waals surface area (Å²) in [4.78, 5) is 17.2. The molecule has 2 aliphatic heterocycles. The molecule has 29 heavy (non-hydrogen) atoms. The molecule has 4 rings (SSSR count). The number of hydrogen-bond donors (Lipinski definition) is 1. The number of anilines is 1. The van der Waals surface area contributed by atoms with Gasteiger partial charge >= 0.3 is 0 Å². The van der Waals surface area contributed by atoms with Gasteiger partial charge in [-0.1, -0.05) is 18.2 Å². The minimum Gasteiger partial charge on any atom is -0.496 e. The first-order valence-corrected chi connectivity index (χ1v) is 10.1. The standard InChI is InChI=1S/C23H28N2O4/c1-15-8-9-16-6-4-5-7-18(16)25(15)22(27)14-24-12-17-20(28-2)10-11-21(29-3)23(17)19(26)13-24/h4-7,10-11,15,19,26H,8-9,12-14H2,1-3H3/t15-,19+/m0/s1. The first-order chi connectivity index (χ1) is 14.0. The van der Waals surface area contributed by atoms with Gasteiger partial charge in [0.25, 0.3) is 0 Å². The Bertz CT molecular complexity index is 914. The molecule has 2 aromatic rings. The van der Waals surface area contributed by atoms with Gasteiger partial charge in [-0.3, -0.25) is 9.69 Å². The van der Waals surface area contributed by atoms with E-state index in [1.54, 1.807) is 14.2 Å². The zero-order valence-electron chi connectivity index (χ0n) is 17.2. The molecule has 6 heteroatoms. The summed E-state index contributed by atoms with van der Waals surface area (Å²) >= 11 is 0. The first kappa shape index (κ1) is 19.7. The number of carbonyl (C=O) groups excluding carboxylic acids is 1. The molecular weight excluding hydrogens is 368 g/mol. The minimum atomic E-state index is -0.734. The van der Waals surface area contributed by atoms with E-state index in [2.05, 4.69) is 13.0 Å². The summed E-state index contributed by atoms with van der Waals surface area (Å²) in [7, 11) is 3.21. The van der Waals surface area contributed by atoms with Crippen molar-refractivity contribution < 1.29 is 19.4 Å². The van der Waals surface area contributed by atoms with Crippen molar-refractivity contribution in [2.75, 3.05) is 32.2 Å². The predicted octanol–water partition coefficient (Wildman–Crippen LogP) is 2.92. The van der Waals surface area contributed by atoms with Crippen LogP contribution in [0.2, 0.25) is 0 Å². The number of aryl methyl sites for hydroxylation is 1. The molecule has 0 radical (unpaired) electrons. The van der Waals surface area contributed by atoms with Crippen LogP contribution >= 0.6 is 0 Å². The Morgan fingerprint density at radius 3 is 2.62 bits per heavy atom. The monoisotopic (exact) mass is 396 g/mol. The third kappa shape index (κ3) is 3.58. The second-order valence-corrected chi connectivity index (χ2v) is 7.83. The van der Waals surface area contributed by atoms with Crippen LogP contribution in [0, 0.1) is 0 Å². The zero-order chi connectivity index (χ0) is 20.5. The zero-order valence-corrected chi connectivity index (χ0v) is 17.2. The fourth-order valence-electron chi connectivity index (χ4n) is 4.60. The minimum absolute atomic E-state index is 0.0576. The van der Waals surface area contributed by atoms with Crippen molar-refractivity contribution in [1.29, 1.82) is 0 Å². The molecule has 154 valence electrons. The molecule has 0 saturated heterocycles. The number of carbonyl (C=O) groups is 1. The van der Waals surface area contributed by atoms with Gasteiger partial charge < -0.3 is 19.5 Å². The van der Waals surface area contributed by atoms with Crippen LogP contribution in [0.3, 0.4) is 0 Å². The Kier molecular flexibility index (Phi) is 5.48. The first-order valence-electron chi connectivity index (χ1n) is 10.1. The number of aliphatic hydroxyl groups excluding tert-OH is 1. The van der Waals surface area contributed by atoms with Crippen LogP contribution < -0.4 is 14.4 Å². The van der Waals surface area contributed by atoms with Gasteiger partial charge in [0, 0.05) is 35.9 Å². The van der Waals surface area contributed by atoms with E-state index >= 15 is 0 Å². The highest BCUT2D eigenvalue weighted by Gasteiger charge is 2.33. The van der Waals surface area contributed by atoms with Gasteiger partial charge in [0.05, 0.1) is 26.9 Å². The highest BCUT2D eigenvalue weighted by atomic mass is 16.5. The average Bonchev–Trinajstić information content (AvgIpc) is 2.72. The van der Waals surface area contributed by atoms with Crippen molar-refractivity contribution in [3.8, 4) is 11.5 Å². The molecule has 6 nitrogen and oxygen atoms in total. The van der Waals surface area contributed by atoms with Crippen LogP contribution in [-0.2, 0) is 17.8 Å². The summed E-state index contributed by atoms with van der Waals surface area (Å²) in [5, 5.41) is 10.8. The van der Waals surface area contributed by atoms with Crippen molar-refractivity contribution in [3.63, 3.8) is 0 Å². The van der Waals surface area contributed by atoms with Gasteiger partial charge in [0.1, 0.15) is 11.5 Å². The van der Waals surface area contributed by atoms with E-state index in [4.69, 9.17) is 9.47 Å². The van der Waals surface area contributed by atoms with Gasteiger partial charge in [-0.05, 0) is 43.5 Å². The number of methoxy groups -OCH3 is 2. The molecule has 2 heterocycles. The van der Waals surface area contributed by atoms with Crippen LogP contribution in [0.15, 0.2) is 36.4 Å². The number of aliphatic hydroxyl groups is 1. The number of ether oxygens (including phenoxy) is 2. The summed E-state index contributed by atoms with van der Waals surface area (Å²) in [6, 6.07) is 11.9. The van der Waals surface area contributed by atoms with Gasteiger partial charge in [0.15, 0.2) is 0 Å². The Balaban J connectivity index is 1.58. The maximum atomic E-state index is 13.3. The lowest BCUT2D eigenvalue weighted by molar-refractivity contribution is -0.120. The van der Waals surface area contributed by atoms with Gasteiger partial charge in [0.2, 0.25) is 5.91 Å². The number of para-hydroxylation sites is 1. The Hall–Kier alpha value is -2.57. The molecule has 1 amide bonds. The molecule has 2 aromatic carbocycles. The van der Waals surface area contributed by atoms with Crippen LogP contribution in [0.4, 0.5) is 5.69 Å². The highest BCUT2D eigenvalue weighted by molar-refractivity contribution is 5.96. The molecule has 0 aromatic heterocycles. The Morgan fingerprint density at radius 1 is 1.14 bits per heavy atom. The molecule has 2 atom stereocenters. The maximum Gasteiger partial charge on any atom is 0.241 e. The van der Waals surface area contributed by atoms with E-state index in [1.165, 1.54) is 5.56 Å². The fourth-order valence-corrected chi connectivity index (χ4v) is 4.60. The second-order valence-electron chi connectivity index (χ2n) is 7.83. The molecule has 0 aliphatic carbocycles. The van der Waals surface area contributed by atoms with Crippen LogP contribution in [0.5, 0.6) is 11.5 Å². The lowest BCUT2D eigenvalue weighted by Crippen LogP contribution is -2.48. The molecule has 0 bridgehead atoms. The summed E-state index contributed by atoms with van der Waals surface area (Å²) < 4.78 is 10.9. The number of rotatable bonds is 4. The van der Waals surface area contributed by atoms with Gasteiger partial charge in [-0.15, -0.1) is 0 Å². The number of nitrogens with zero attached hydrogens (tertiary/aromatic N) is 2. The van der Waals surface area contributed by atoms with E-state index in [0.29, 0.717) is 24.6 Å². The van der Waals surface area contributed by atoms with Crippen molar-refractivity contribution in [2.45, 2.75) is 38.5 Å². The molecule has 0 unspecified atom stereocenters. The van der Waals surface area contributed by atoms with E-state index in [0.717, 1.165) is 29.7 Å². The van der Waals surface area contributed by atoms with Gasteiger partial charge in [-0.25, -0.2) is 0 Å².